The Balaban J connectivity index is 2.60. The number of pyridine rings is 1. The van der Waals surface area contributed by atoms with Gasteiger partial charge in [-0.25, -0.2) is 4.98 Å². The second-order valence-electron chi connectivity index (χ2n) is 2.84. The van der Waals surface area contributed by atoms with Gasteiger partial charge in [-0.2, -0.15) is 0 Å². The number of aromatic nitrogens is 1. The van der Waals surface area contributed by atoms with Crippen LogP contribution in [0.5, 0.6) is 0 Å². The second-order valence-corrected chi connectivity index (χ2v) is 4.43. The maximum Gasteiger partial charge on any atom is 0.186 e. The zero-order valence-electron chi connectivity index (χ0n) is 8.24. The third-order valence-corrected chi connectivity index (χ3v) is 2.59. The normalized spacial score (nSPS) is 10.8. The van der Waals surface area contributed by atoms with Gasteiger partial charge in [-0.15, -0.1) is 0 Å². The van der Waals surface area contributed by atoms with Gasteiger partial charge in [0.05, 0.1) is 0 Å². The highest BCUT2D eigenvalue weighted by Crippen LogP contribution is 2.16. The van der Waals surface area contributed by atoms with Crippen LogP contribution in [0.4, 0.5) is 5.69 Å². The van der Waals surface area contributed by atoms with Gasteiger partial charge in [0.25, 0.3) is 0 Å². The Bertz CT molecular complexity index is 393. The molecule has 0 atom stereocenters. The molecule has 5 heteroatoms. The molecular weight excluding hydrogens is 232 g/mol. The second kappa shape index (κ2) is 5.78. The van der Waals surface area contributed by atoms with E-state index in [4.69, 9.17) is 17.3 Å². The van der Waals surface area contributed by atoms with Gasteiger partial charge < -0.3 is 5.73 Å². The van der Waals surface area contributed by atoms with Crippen LogP contribution in [0.2, 0.25) is 5.15 Å². The average Bonchev–Trinajstić information content (AvgIpc) is 2.14. The number of rotatable bonds is 3. The van der Waals surface area contributed by atoms with E-state index < -0.39 is 0 Å². The van der Waals surface area contributed by atoms with Crippen LogP contribution in [0.3, 0.4) is 0 Å². The lowest BCUT2D eigenvalue weighted by Gasteiger charge is -1.99. The molecule has 3 nitrogen and oxygen atoms in total. The van der Waals surface area contributed by atoms with Gasteiger partial charge in [0.15, 0.2) is 5.12 Å². The molecule has 0 aliphatic carbocycles. The molecule has 0 spiro atoms. The number of hydrogen-bond acceptors (Lipinski definition) is 4. The summed E-state index contributed by atoms with van der Waals surface area (Å²) >= 11 is 6.90. The maximum atomic E-state index is 10.6. The summed E-state index contributed by atoms with van der Waals surface area (Å²) in [6.45, 7) is 1.54. The number of anilines is 1. The zero-order valence-corrected chi connectivity index (χ0v) is 9.81. The van der Waals surface area contributed by atoms with Gasteiger partial charge in [0, 0.05) is 30.1 Å². The molecule has 0 amide bonds. The summed E-state index contributed by atoms with van der Waals surface area (Å²) in [7, 11) is 0. The molecule has 1 aromatic rings. The minimum Gasteiger partial charge on any atom is -0.398 e. The molecular formula is C10H11ClN2OS. The minimum absolute atomic E-state index is 0.0989. The molecule has 0 fully saturated rings. The molecule has 2 N–H and O–H groups in total. The Morgan fingerprint density at radius 3 is 3.07 bits per heavy atom. The molecule has 0 radical (unpaired) electrons. The molecule has 1 aromatic heterocycles. The topological polar surface area (TPSA) is 56.0 Å². The van der Waals surface area contributed by atoms with E-state index in [1.165, 1.54) is 18.7 Å². The van der Waals surface area contributed by atoms with Crippen molar-refractivity contribution < 1.29 is 4.79 Å². The summed E-state index contributed by atoms with van der Waals surface area (Å²) in [5.74, 6) is 0.636. The zero-order chi connectivity index (χ0) is 11.3. The van der Waals surface area contributed by atoms with Crippen molar-refractivity contribution in [3.8, 4) is 0 Å². The smallest absolute Gasteiger partial charge is 0.186 e. The lowest BCUT2D eigenvalue weighted by molar-refractivity contribution is -0.109. The first kappa shape index (κ1) is 12.1. The van der Waals surface area contributed by atoms with E-state index in [0.29, 0.717) is 16.6 Å². The standard InChI is InChI=1S/C10H11ClN2OS/c1-7(14)15-4-2-3-8-6-13-10(11)5-9(8)12/h2-3,5-6H,4H2,1H3,(H2,12,13). The van der Waals surface area contributed by atoms with Crippen molar-refractivity contribution in [2.24, 2.45) is 0 Å². The first-order chi connectivity index (χ1) is 7.09. The highest BCUT2D eigenvalue weighted by Gasteiger charge is 1.97. The predicted molar refractivity (Wildman–Crippen MR) is 65.8 cm³/mol. The molecule has 0 bridgehead atoms. The van der Waals surface area contributed by atoms with Gasteiger partial charge in [0.2, 0.25) is 0 Å². The van der Waals surface area contributed by atoms with Gasteiger partial charge in [-0.3, -0.25) is 4.79 Å². The molecule has 80 valence electrons. The van der Waals surface area contributed by atoms with E-state index in [2.05, 4.69) is 4.98 Å². The first-order valence-corrected chi connectivity index (χ1v) is 5.67. The van der Waals surface area contributed by atoms with Gasteiger partial charge >= 0.3 is 0 Å². The summed E-state index contributed by atoms with van der Waals surface area (Å²) in [5.41, 5.74) is 7.11. The lowest BCUT2D eigenvalue weighted by Crippen LogP contribution is -1.91. The monoisotopic (exact) mass is 242 g/mol. The van der Waals surface area contributed by atoms with Crippen LogP contribution in [0.25, 0.3) is 6.08 Å². The van der Waals surface area contributed by atoms with Crippen molar-refractivity contribution in [1.29, 1.82) is 0 Å². The van der Waals surface area contributed by atoms with Crippen LogP contribution >= 0.6 is 23.4 Å². The fourth-order valence-corrected chi connectivity index (χ4v) is 1.53. The molecule has 15 heavy (non-hydrogen) atoms. The van der Waals surface area contributed by atoms with Crippen molar-refractivity contribution >= 4 is 40.2 Å². The van der Waals surface area contributed by atoms with Gasteiger partial charge in [-0.05, 0) is 6.07 Å². The van der Waals surface area contributed by atoms with Crippen LogP contribution < -0.4 is 5.73 Å². The highest BCUT2D eigenvalue weighted by molar-refractivity contribution is 8.13. The van der Waals surface area contributed by atoms with E-state index in [1.807, 2.05) is 12.2 Å². The Morgan fingerprint density at radius 1 is 1.73 bits per heavy atom. The Hall–Kier alpha value is -1.00. The number of nitrogens with two attached hydrogens (primary N) is 1. The third kappa shape index (κ3) is 4.36. The summed E-state index contributed by atoms with van der Waals surface area (Å²) in [4.78, 5) is 14.6. The van der Waals surface area contributed by atoms with E-state index in [9.17, 15) is 4.79 Å². The third-order valence-electron chi connectivity index (χ3n) is 1.62. The van der Waals surface area contributed by atoms with Crippen LogP contribution in [0.1, 0.15) is 12.5 Å². The largest absolute Gasteiger partial charge is 0.398 e. The summed E-state index contributed by atoms with van der Waals surface area (Å²) in [6, 6.07) is 1.60. The molecule has 0 unspecified atom stereocenters. The number of nitrogens with zero attached hydrogens (tertiary/aromatic N) is 1. The van der Waals surface area contributed by atoms with Crippen LogP contribution in [-0.2, 0) is 4.79 Å². The minimum atomic E-state index is 0.0989. The number of thioether (sulfide) groups is 1. The lowest BCUT2D eigenvalue weighted by atomic mass is 10.2. The van der Waals surface area contributed by atoms with E-state index in [0.717, 1.165) is 5.56 Å². The van der Waals surface area contributed by atoms with Crippen molar-refractivity contribution in [3.63, 3.8) is 0 Å². The molecule has 0 aliphatic rings. The fraction of sp³-hybridized carbons (Fsp3) is 0.200. The number of halogens is 1. The van der Waals surface area contributed by atoms with E-state index in [-0.39, 0.29) is 5.12 Å². The number of nitrogen functional groups attached to an aromatic ring is 1. The molecule has 0 aromatic carbocycles. The highest BCUT2D eigenvalue weighted by atomic mass is 35.5. The first-order valence-electron chi connectivity index (χ1n) is 4.30. The van der Waals surface area contributed by atoms with Crippen LogP contribution in [0.15, 0.2) is 18.3 Å². The van der Waals surface area contributed by atoms with Crippen LogP contribution in [-0.4, -0.2) is 15.9 Å². The summed E-state index contributed by atoms with van der Waals surface area (Å²) < 4.78 is 0. The number of carbonyl (C=O) groups excluding carboxylic acids is 1. The Morgan fingerprint density at radius 2 is 2.47 bits per heavy atom. The van der Waals surface area contributed by atoms with E-state index >= 15 is 0 Å². The van der Waals surface area contributed by atoms with Crippen molar-refractivity contribution in [1.82, 2.24) is 4.98 Å². The summed E-state index contributed by atoms with van der Waals surface area (Å²) in [6.07, 6.45) is 5.30. The maximum absolute atomic E-state index is 10.6. The molecule has 0 saturated carbocycles. The SMILES string of the molecule is CC(=O)SCC=Cc1cnc(Cl)cc1N. The molecule has 1 rings (SSSR count). The Labute approximate surface area is 97.7 Å². The van der Waals surface area contributed by atoms with Crippen molar-refractivity contribution in [3.05, 3.63) is 29.1 Å². The van der Waals surface area contributed by atoms with Crippen LogP contribution in [0, 0.1) is 0 Å². The van der Waals surface area contributed by atoms with Gasteiger partial charge in [0.1, 0.15) is 5.15 Å². The van der Waals surface area contributed by atoms with Gasteiger partial charge in [-0.1, -0.05) is 35.5 Å². The summed E-state index contributed by atoms with van der Waals surface area (Å²) in [5, 5.41) is 0.476. The Kier molecular flexibility index (Phi) is 4.65. The molecule has 0 saturated heterocycles. The fourth-order valence-electron chi connectivity index (χ4n) is 0.934. The average molecular weight is 243 g/mol. The van der Waals surface area contributed by atoms with Crippen molar-refractivity contribution in [2.75, 3.05) is 11.5 Å². The number of carbonyl (C=O) groups is 1. The van der Waals surface area contributed by atoms with Crippen molar-refractivity contribution in [2.45, 2.75) is 6.92 Å². The predicted octanol–water partition coefficient (Wildman–Crippen LogP) is 2.61. The van der Waals surface area contributed by atoms with E-state index in [1.54, 1.807) is 12.3 Å². The number of hydrogen-bond donors (Lipinski definition) is 1. The molecule has 1 heterocycles. The molecule has 0 aliphatic heterocycles. The quantitative estimate of drug-likeness (QED) is 0.828.